The molecule has 1 aromatic heterocycles. The van der Waals surface area contributed by atoms with Crippen LogP contribution in [0.1, 0.15) is 24.3 Å². The second-order valence-electron chi connectivity index (χ2n) is 6.97. The zero-order valence-electron chi connectivity index (χ0n) is 16.5. The fourth-order valence-electron chi connectivity index (χ4n) is 4.09. The minimum Gasteiger partial charge on any atom is -0.493 e. The Morgan fingerprint density at radius 1 is 0.964 bits per heavy atom. The van der Waals surface area contributed by atoms with Crippen molar-refractivity contribution in [2.75, 3.05) is 39.3 Å². The molecule has 2 aromatic carbocycles. The fourth-order valence-corrected chi connectivity index (χ4v) is 4.09. The number of hydrogen-bond donors (Lipinski definition) is 0. The van der Waals surface area contributed by atoms with E-state index in [2.05, 4.69) is 45.4 Å². The van der Waals surface area contributed by atoms with E-state index in [1.807, 2.05) is 6.07 Å². The van der Waals surface area contributed by atoms with Crippen LogP contribution >= 0.6 is 0 Å². The van der Waals surface area contributed by atoms with Crippen molar-refractivity contribution >= 4 is 16.6 Å². The molecule has 0 aliphatic carbocycles. The number of rotatable bonds is 5. The summed E-state index contributed by atoms with van der Waals surface area (Å²) in [5.74, 6) is 3.14. The normalized spacial score (nSPS) is 16.8. The molecule has 6 heteroatoms. The number of benzene rings is 2. The first-order chi connectivity index (χ1) is 13.8. The molecule has 1 atom stereocenters. The summed E-state index contributed by atoms with van der Waals surface area (Å²) < 4.78 is 16.7. The third-order valence-corrected chi connectivity index (χ3v) is 5.44. The van der Waals surface area contributed by atoms with E-state index < -0.39 is 0 Å². The van der Waals surface area contributed by atoms with Crippen molar-refractivity contribution in [2.24, 2.45) is 0 Å². The van der Waals surface area contributed by atoms with Crippen molar-refractivity contribution in [2.45, 2.75) is 18.8 Å². The molecular formula is C22H25N3O3. The van der Waals surface area contributed by atoms with Gasteiger partial charge in [0.25, 0.3) is 0 Å². The first-order valence-corrected chi connectivity index (χ1v) is 9.51. The van der Waals surface area contributed by atoms with Gasteiger partial charge in [-0.1, -0.05) is 30.3 Å². The van der Waals surface area contributed by atoms with Crippen molar-refractivity contribution in [3.05, 3.63) is 48.2 Å². The van der Waals surface area contributed by atoms with Crippen molar-refractivity contribution in [1.82, 2.24) is 10.2 Å². The first-order valence-electron chi connectivity index (χ1n) is 9.51. The molecule has 1 unspecified atom stereocenters. The second kappa shape index (κ2) is 7.92. The van der Waals surface area contributed by atoms with Crippen LogP contribution in [-0.2, 0) is 0 Å². The second-order valence-corrected chi connectivity index (χ2v) is 6.97. The topological polar surface area (TPSA) is 56.7 Å². The molecule has 0 radical (unpaired) electrons. The van der Waals surface area contributed by atoms with Crippen LogP contribution in [0.2, 0.25) is 0 Å². The molecule has 0 spiro atoms. The molecule has 3 aromatic rings. The number of aromatic nitrogens is 2. The molecule has 1 saturated heterocycles. The van der Waals surface area contributed by atoms with Crippen molar-refractivity contribution in [3.8, 4) is 17.2 Å². The van der Waals surface area contributed by atoms with Gasteiger partial charge in [0, 0.05) is 24.4 Å². The summed E-state index contributed by atoms with van der Waals surface area (Å²) in [5.41, 5.74) is 1.37. The first kappa shape index (κ1) is 18.3. The molecule has 0 bridgehead atoms. The van der Waals surface area contributed by atoms with Crippen molar-refractivity contribution < 1.29 is 14.2 Å². The molecule has 1 aliphatic heterocycles. The number of ether oxygens (including phenoxy) is 3. The van der Waals surface area contributed by atoms with Crippen molar-refractivity contribution in [1.29, 1.82) is 0 Å². The highest BCUT2D eigenvalue weighted by Gasteiger charge is 2.26. The van der Waals surface area contributed by atoms with Gasteiger partial charge in [-0.25, -0.2) is 0 Å². The van der Waals surface area contributed by atoms with Crippen LogP contribution in [0.15, 0.2) is 42.6 Å². The standard InChI is InChI=1S/C22H25N3O3/c1-26-19-12-17-18(20(27-2)21(19)28-3)13-23-24-22(17)25-11-7-10-16(14-25)15-8-5-4-6-9-15/h4-6,8-9,12-13,16H,7,10-11,14H2,1-3H3. The zero-order chi connectivity index (χ0) is 19.5. The highest BCUT2D eigenvalue weighted by molar-refractivity contribution is 5.99. The molecule has 1 fully saturated rings. The molecule has 146 valence electrons. The maximum atomic E-state index is 5.63. The molecule has 0 amide bonds. The largest absolute Gasteiger partial charge is 0.493 e. The van der Waals surface area contributed by atoms with Gasteiger partial charge in [0.05, 0.1) is 32.9 Å². The summed E-state index contributed by atoms with van der Waals surface area (Å²) in [6.07, 6.45) is 4.01. The Kier molecular flexibility index (Phi) is 5.19. The van der Waals surface area contributed by atoms with Crippen molar-refractivity contribution in [3.63, 3.8) is 0 Å². The Balaban J connectivity index is 1.78. The average molecular weight is 379 g/mol. The molecule has 1 aliphatic rings. The maximum absolute atomic E-state index is 5.63. The Labute approximate surface area is 165 Å². The third-order valence-electron chi connectivity index (χ3n) is 5.44. The van der Waals surface area contributed by atoms with Crippen LogP contribution in [0.25, 0.3) is 10.8 Å². The molecule has 28 heavy (non-hydrogen) atoms. The van der Waals surface area contributed by atoms with E-state index in [0.29, 0.717) is 23.2 Å². The van der Waals surface area contributed by atoms with E-state index >= 15 is 0 Å². The molecule has 4 rings (SSSR count). The lowest BCUT2D eigenvalue weighted by atomic mass is 9.90. The molecular weight excluding hydrogens is 354 g/mol. The Morgan fingerprint density at radius 3 is 2.46 bits per heavy atom. The summed E-state index contributed by atoms with van der Waals surface area (Å²) >= 11 is 0. The van der Waals surface area contributed by atoms with Gasteiger partial charge in [0.1, 0.15) is 0 Å². The smallest absolute Gasteiger partial charge is 0.204 e. The maximum Gasteiger partial charge on any atom is 0.204 e. The Morgan fingerprint density at radius 2 is 1.75 bits per heavy atom. The van der Waals surface area contributed by atoms with Crippen LogP contribution in [0.4, 0.5) is 5.82 Å². The number of fused-ring (bicyclic) bond motifs is 1. The Bertz CT molecular complexity index is 962. The summed E-state index contributed by atoms with van der Waals surface area (Å²) in [4.78, 5) is 2.32. The number of hydrogen-bond acceptors (Lipinski definition) is 6. The summed E-state index contributed by atoms with van der Waals surface area (Å²) in [5, 5.41) is 10.6. The number of anilines is 1. The van der Waals surface area contributed by atoms with Gasteiger partial charge < -0.3 is 19.1 Å². The van der Waals surface area contributed by atoms with Gasteiger partial charge in [-0.05, 0) is 24.5 Å². The predicted octanol–water partition coefficient (Wildman–Crippen LogP) is 4.04. The summed E-state index contributed by atoms with van der Waals surface area (Å²) in [6.45, 7) is 1.86. The average Bonchev–Trinajstić information content (AvgIpc) is 2.77. The predicted molar refractivity (Wildman–Crippen MR) is 110 cm³/mol. The minimum absolute atomic E-state index is 0.481. The number of piperidine rings is 1. The van der Waals surface area contributed by atoms with Crippen LogP contribution in [0, 0.1) is 0 Å². The van der Waals surface area contributed by atoms with Gasteiger partial charge in [-0.3, -0.25) is 0 Å². The fraction of sp³-hybridized carbons (Fsp3) is 0.364. The lowest BCUT2D eigenvalue weighted by molar-refractivity contribution is 0.327. The monoisotopic (exact) mass is 379 g/mol. The van der Waals surface area contributed by atoms with Crippen LogP contribution in [-0.4, -0.2) is 44.6 Å². The van der Waals surface area contributed by atoms with Gasteiger partial charge in [-0.15, -0.1) is 5.10 Å². The quantitative estimate of drug-likeness (QED) is 0.667. The third kappa shape index (κ3) is 3.19. The van der Waals surface area contributed by atoms with Gasteiger partial charge in [0.2, 0.25) is 5.75 Å². The lowest BCUT2D eigenvalue weighted by Crippen LogP contribution is -2.35. The SMILES string of the molecule is COc1cc2c(N3CCCC(c4ccccc4)C3)nncc2c(OC)c1OC. The van der Waals surface area contributed by atoms with E-state index in [9.17, 15) is 0 Å². The lowest BCUT2D eigenvalue weighted by Gasteiger charge is -2.34. The van der Waals surface area contributed by atoms with E-state index in [1.54, 1.807) is 27.5 Å². The minimum atomic E-state index is 0.481. The van der Waals surface area contributed by atoms with Gasteiger partial charge >= 0.3 is 0 Å². The van der Waals surface area contributed by atoms with Gasteiger partial charge in [-0.2, -0.15) is 5.10 Å². The molecule has 6 nitrogen and oxygen atoms in total. The van der Waals surface area contributed by atoms with E-state index in [4.69, 9.17) is 14.2 Å². The highest BCUT2D eigenvalue weighted by Crippen LogP contribution is 2.45. The summed E-state index contributed by atoms with van der Waals surface area (Å²) in [7, 11) is 4.86. The molecule has 2 heterocycles. The van der Waals surface area contributed by atoms with Crippen LogP contribution < -0.4 is 19.1 Å². The Hall–Kier alpha value is -3.02. The molecule has 0 saturated carbocycles. The van der Waals surface area contributed by atoms with E-state index in [1.165, 1.54) is 12.0 Å². The van der Waals surface area contributed by atoms with Crippen LogP contribution in [0.3, 0.4) is 0 Å². The van der Waals surface area contributed by atoms with E-state index in [-0.39, 0.29) is 0 Å². The number of nitrogens with zero attached hydrogens (tertiary/aromatic N) is 3. The summed E-state index contributed by atoms with van der Waals surface area (Å²) in [6, 6.07) is 12.7. The van der Waals surface area contributed by atoms with Gasteiger partial charge in [0.15, 0.2) is 17.3 Å². The van der Waals surface area contributed by atoms with E-state index in [0.717, 1.165) is 36.1 Å². The highest BCUT2D eigenvalue weighted by atomic mass is 16.5. The zero-order valence-corrected chi connectivity index (χ0v) is 16.5. The van der Waals surface area contributed by atoms with Crippen LogP contribution in [0.5, 0.6) is 17.2 Å². The molecule has 0 N–H and O–H groups in total. The number of methoxy groups -OCH3 is 3.